The molecule has 4 aromatic rings. The number of pyridine rings is 1. The number of hydrogen-bond donors (Lipinski definition) is 0. The third-order valence-corrected chi connectivity index (χ3v) is 4.78. The number of anilines is 1. The Morgan fingerprint density at radius 1 is 1.19 bits per heavy atom. The summed E-state index contributed by atoms with van der Waals surface area (Å²) in [5.74, 6) is -0.0908. The minimum Gasteiger partial charge on any atom is -0.442 e. The van der Waals surface area contributed by atoms with Gasteiger partial charge in [-0.05, 0) is 29.5 Å². The highest BCUT2D eigenvalue weighted by molar-refractivity contribution is 5.90. The highest BCUT2D eigenvalue weighted by Crippen LogP contribution is 2.29. The first kappa shape index (κ1) is 18.8. The Morgan fingerprint density at radius 3 is 2.71 bits per heavy atom. The van der Waals surface area contributed by atoms with Crippen LogP contribution < -0.4 is 4.90 Å². The summed E-state index contributed by atoms with van der Waals surface area (Å²) in [6, 6.07) is 8.02. The Balaban J connectivity index is 1.33. The van der Waals surface area contributed by atoms with Gasteiger partial charge in [0.1, 0.15) is 17.6 Å². The first-order valence-corrected chi connectivity index (χ1v) is 9.39. The molecule has 1 amide bonds. The average molecular weight is 421 g/mol. The first-order valence-electron chi connectivity index (χ1n) is 9.39. The maximum absolute atomic E-state index is 14.9. The fourth-order valence-electron chi connectivity index (χ4n) is 3.33. The van der Waals surface area contributed by atoms with Crippen molar-refractivity contribution < 1.29 is 13.9 Å². The number of cyclic esters (lactones) is 1. The molecular weight excluding hydrogens is 405 g/mol. The number of halogens is 1. The molecule has 156 valence electrons. The van der Waals surface area contributed by atoms with Crippen molar-refractivity contribution in [2.24, 2.45) is 7.05 Å². The molecule has 0 radical (unpaired) electrons. The van der Waals surface area contributed by atoms with Gasteiger partial charge in [-0.2, -0.15) is 19.8 Å². The van der Waals surface area contributed by atoms with Gasteiger partial charge in [-0.15, -0.1) is 10.2 Å². The van der Waals surface area contributed by atoms with Crippen molar-refractivity contribution in [3.8, 4) is 22.6 Å². The summed E-state index contributed by atoms with van der Waals surface area (Å²) in [5.41, 5.74) is 1.89. The monoisotopic (exact) mass is 421 g/mol. The number of hydrogen-bond acceptors (Lipinski definition) is 8. The Morgan fingerprint density at radius 2 is 2.03 bits per heavy atom. The lowest BCUT2D eigenvalue weighted by atomic mass is 10.1. The van der Waals surface area contributed by atoms with E-state index in [0.717, 1.165) is 0 Å². The molecule has 0 bridgehead atoms. The Hall–Kier alpha value is -4.22. The standard InChI is InChI=1S/C19H16FN9O2/c1-27-25-18(24-26-27)17-5-2-12(9-21-17)15-4-3-13(8-16(15)20)28-10-14(31-19(28)30)11-29-22-6-7-23-29/h2-9,14H,10-11H2,1H3. The van der Waals surface area contributed by atoms with Crippen molar-refractivity contribution >= 4 is 11.8 Å². The predicted octanol–water partition coefficient (Wildman–Crippen LogP) is 1.70. The molecule has 5 rings (SSSR count). The van der Waals surface area contributed by atoms with Crippen LogP contribution in [0.3, 0.4) is 0 Å². The zero-order valence-electron chi connectivity index (χ0n) is 16.3. The molecule has 0 saturated carbocycles. The molecule has 1 fully saturated rings. The van der Waals surface area contributed by atoms with Crippen LogP contribution in [0.4, 0.5) is 14.9 Å². The number of tetrazole rings is 1. The molecule has 1 aromatic carbocycles. The largest absolute Gasteiger partial charge is 0.442 e. The molecule has 1 atom stereocenters. The summed E-state index contributed by atoms with van der Waals surface area (Å²) in [5, 5.41) is 19.8. The van der Waals surface area contributed by atoms with Gasteiger partial charge in [-0.1, -0.05) is 6.07 Å². The second-order valence-corrected chi connectivity index (χ2v) is 6.90. The predicted molar refractivity (Wildman–Crippen MR) is 105 cm³/mol. The first-order chi connectivity index (χ1) is 15.1. The van der Waals surface area contributed by atoms with Crippen LogP contribution in [0.25, 0.3) is 22.6 Å². The van der Waals surface area contributed by atoms with Gasteiger partial charge in [0.05, 0.1) is 38.2 Å². The molecule has 12 heteroatoms. The molecule has 1 aliphatic heterocycles. The molecule has 11 nitrogen and oxygen atoms in total. The van der Waals surface area contributed by atoms with E-state index < -0.39 is 18.0 Å². The normalized spacial score (nSPS) is 16.0. The molecule has 4 heterocycles. The van der Waals surface area contributed by atoms with Gasteiger partial charge >= 0.3 is 6.09 Å². The summed E-state index contributed by atoms with van der Waals surface area (Å²) in [7, 11) is 1.66. The third kappa shape index (κ3) is 3.70. The Labute approximate surface area is 175 Å². The van der Waals surface area contributed by atoms with Gasteiger partial charge < -0.3 is 4.74 Å². The number of aryl methyl sites for hydroxylation is 1. The molecule has 31 heavy (non-hydrogen) atoms. The van der Waals surface area contributed by atoms with Crippen LogP contribution in [0, 0.1) is 5.82 Å². The van der Waals surface area contributed by atoms with Crippen molar-refractivity contribution in [2.75, 3.05) is 11.4 Å². The van der Waals surface area contributed by atoms with E-state index in [1.165, 1.54) is 20.6 Å². The second kappa shape index (κ2) is 7.55. The zero-order valence-corrected chi connectivity index (χ0v) is 16.3. The maximum atomic E-state index is 14.9. The number of ether oxygens (including phenoxy) is 1. The van der Waals surface area contributed by atoms with Crippen LogP contribution in [0.1, 0.15) is 0 Å². The SMILES string of the molecule is Cn1nnc(-c2ccc(-c3ccc(N4CC(Cn5nccn5)OC4=O)cc3F)cn2)n1. The van der Waals surface area contributed by atoms with E-state index in [1.807, 2.05) is 0 Å². The number of benzene rings is 1. The summed E-state index contributed by atoms with van der Waals surface area (Å²) in [4.78, 5) is 20.7. The Bertz CT molecular complexity index is 1220. The van der Waals surface area contributed by atoms with Gasteiger partial charge in [0.15, 0.2) is 0 Å². The summed E-state index contributed by atoms with van der Waals surface area (Å²) >= 11 is 0. The summed E-state index contributed by atoms with van der Waals surface area (Å²) < 4.78 is 20.2. The minimum atomic E-state index is -0.535. The molecule has 0 N–H and O–H groups in total. The van der Waals surface area contributed by atoms with Crippen LogP contribution >= 0.6 is 0 Å². The van der Waals surface area contributed by atoms with E-state index in [4.69, 9.17) is 4.74 Å². The molecular formula is C19H16FN9O2. The average Bonchev–Trinajstić information content (AvgIpc) is 3.51. The second-order valence-electron chi connectivity index (χ2n) is 6.90. The van der Waals surface area contributed by atoms with E-state index >= 15 is 0 Å². The number of nitrogens with zero attached hydrogens (tertiary/aromatic N) is 9. The van der Waals surface area contributed by atoms with Gasteiger partial charge in [-0.3, -0.25) is 9.88 Å². The zero-order chi connectivity index (χ0) is 21.4. The molecule has 0 aliphatic carbocycles. The van der Waals surface area contributed by atoms with Crippen LogP contribution in [0.2, 0.25) is 0 Å². The fraction of sp³-hybridized carbons (Fsp3) is 0.211. The van der Waals surface area contributed by atoms with Crippen molar-refractivity contribution in [1.82, 2.24) is 40.2 Å². The number of amides is 1. The number of carbonyl (C=O) groups excluding carboxylic acids is 1. The lowest BCUT2D eigenvalue weighted by Gasteiger charge is -2.14. The van der Waals surface area contributed by atoms with Gasteiger partial charge in [0.2, 0.25) is 5.82 Å². The topological polar surface area (TPSA) is 117 Å². The smallest absolute Gasteiger partial charge is 0.414 e. The molecule has 3 aromatic heterocycles. The number of carbonyl (C=O) groups is 1. The van der Waals surface area contributed by atoms with Crippen LogP contribution in [0.15, 0.2) is 48.9 Å². The summed E-state index contributed by atoms with van der Waals surface area (Å²) in [6.07, 6.45) is 3.68. The van der Waals surface area contributed by atoms with E-state index in [-0.39, 0.29) is 6.54 Å². The number of rotatable bonds is 5. The van der Waals surface area contributed by atoms with Crippen molar-refractivity contribution in [1.29, 1.82) is 0 Å². The van der Waals surface area contributed by atoms with Gasteiger partial charge in [0.25, 0.3) is 0 Å². The van der Waals surface area contributed by atoms with Crippen molar-refractivity contribution in [3.63, 3.8) is 0 Å². The lowest BCUT2D eigenvalue weighted by molar-refractivity contribution is 0.126. The maximum Gasteiger partial charge on any atom is 0.414 e. The van der Waals surface area contributed by atoms with Crippen LogP contribution in [-0.4, -0.2) is 58.9 Å². The van der Waals surface area contributed by atoms with Crippen LogP contribution in [-0.2, 0) is 18.3 Å². The van der Waals surface area contributed by atoms with Crippen LogP contribution in [0.5, 0.6) is 0 Å². The molecule has 1 saturated heterocycles. The van der Waals surface area contributed by atoms with E-state index in [0.29, 0.717) is 34.9 Å². The minimum absolute atomic E-state index is 0.278. The van der Waals surface area contributed by atoms with Crippen molar-refractivity contribution in [2.45, 2.75) is 12.6 Å². The molecule has 1 unspecified atom stereocenters. The van der Waals surface area contributed by atoms with Gasteiger partial charge in [-0.25, -0.2) is 9.18 Å². The quantitative estimate of drug-likeness (QED) is 0.478. The number of aromatic nitrogens is 8. The highest BCUT2D eigenvalue weighted by Gasteiger charge is 2.33. The summed E-state index contributed by atoms with van der Waals surface area (Å²) in [6.45, 7) is 0.606. The van der Waals surface area contributed by atoms with E-state index in [9.17, 15) is 9.18 Å². The van der Waals surface area contributed by atoms with E-state index in [2.05, 4.69) is 30.6 Å². The Kier molecular flexibility index (Phi) is 4.58. The highest BCUT2D eigenvalue weighted by atomic mass is 19.1. The lowest BCUT2D eigenvalue weighted by Crippen LogP contribution is -2.26. The van der Waals surface area contributed by atoms with E-state index in [1.54, 1.807) is 49.9 Å². The molecule has 0 spiro atoms. The van der Waals surface area contributed by atoms with Crippen molar-refractivity contribution in [3.05, 3.63) is 54.7 Å². The van der Waals surface area contributed by atoms with Gasteiger partial charge in [0, 0.05) is 17.3 Å². The third-order valence-electron chi connectivity index (χ3n) is 4.78. The molecule has 1 aliphatic rings. The fourth-order valence-corrected chi connectivity index (χ4v) is 3.33.